The lowest BCUT2D eigenvalue weighted by molar-refractivity contribution is -0.121. The average Bonchev–Trinajstić information content (AvgIpc) is 3.02. The van der Waals surface area contributed by atoms with Crippen molar-refractivity contribution >= 4 is 5.91 Å². The summed E-state index contributed by atoms with van der Waals surface area (Å²) in [6, 6.07) is 7.64. The molecule has 0 bridgehead atoms. The van der Waals surface area contributed by atoms with Crippen molar-refractivity contribution in [3.8, 4) is 17.1 Å². The Hall–Kier alpha value is -2.37. The van der Waals surface area contributed by atoms with Crippen molar-refractivity contribution in [1.82, 2.24) is 15.5 Å². The first-order valence-electron chi connectivity index (χ1n) is 7.88. The van der Waals surface area contributed by atoms with E-state index in [1.165, 1.54) is 0 Å². The van der Waals surface area contributed by atoms with E-state index in [1.54, 1.807) is 7.11 Å². The molecule has 0 aliphatic rings. The Morgan fingerprint density at radius 1 is 1.43 bits per heavy atom. The quantitative estimate of drug-likeness (QED) is 0.810. The zero-order valence-corrected chi connectivity index (χ0v) is 13.8. The minimum Gasteiger partial charge on any atom is -0.497 e. The number of hydrogen-bond donors (Lipinski definition) is 1. The number of nitrogens with zero attached hydrogens (tertiary/aromatic N) is 2. The highest BCUT2D eigenvalue weighted by atomic mass is 16.5. The number of rotatable bonds is 8. The van der Waals surface area contributed by atoms with Gasteiger partial charge in [0.25, 0.3) is 0 Å². The lowest BCUT2D eigenvalue weighted by Crippen LogP contribution is -2.32. The number of carbonyl (C=O) groups excluding carboxylic acids is 1. The molecule has 0 radical (unpaired) electrons. The summed E-state index contributed by atoms with van der Waals surface area (Å²) in [7, 11) is 1.61. The third-order valence-corrected chi connectivity index (χ3v) is 3.49. The van der Waals surface area contributed by atoms with Gasteiger partial charge < -0.3 is 14.6 Å². The van der Waals surface area contributed by atoms with Gasteiger partial charge >= 0.3 is 0 Å². The normalized spacial score (nSPS) is 12.0. The Morgan fingerprint density at radius 2 is 2.26 bits per heavy atom. The van der Waals surface area contributed by atoms with Crippen LogP contribution in [0, 0.1) is 0 Å². The van der Waals surface area contributed by atoms with Crippen LogP contribution in [0.5, 0.6) is 5.75 Å². The molecule has 1 aromatic heterocycles. The van der Waals surface area contributed by atoms with Crippen LogP contribution in [0.15, 0.2) is 28.8 Å². The van der Waals surface area contributed by atoms with Crippen LogP contribution in [0.3, 0.4) is 0 Å². The van der Waals surface area contributed by atoms with Gasteiger partial charge in [0, 0.05) is 24.4 Å². The third kappa shape index (κ3) is 5.09. The van der Waals surface area contributed by atoms with Gasteiger partial charge in [-0.2, -0.15) is 4.98 Å². The second-order valence-electron chi connectivity index (χ2n) is 5.50. The molecular weight excluding hydrogens is 294 g/mol. The standard InChI is InChI=1S/C17H23N3O3/c1-4-6-12(2)18-15(21)9-10-16-19-17(20-23-16)13-7-5-8-14(11-13)22-3/h5,7-8,11-12H,4,6,9-10H2,1-3H3,(H,18,21)/t12-/m0/s1. The van der Waals surface area contributed by atoms with Gasteiger partial charge in [-0.25, -0.2) is 0 Å². The van der Waals surface area contributed by atoms with E-state index in [1.807, 2.05) is 31.2 Å². The SMILES string of the molecule is CCC[C@H](C)NC(=O)CCc1nc(-c2cccc(OC)c2)no1. The molecule has 0 aliphatic heterocycles. The van der Waals surface area contributed by atoms with E-state index < -0.39 is 0 Å². The Kier molecular flexibility index (Phi) is 6.14. The van der Waals surface area contributed by atoms with Crippen molar-refractivity contribution in [2.75, 3.05) is 7.11 Å². The van der Waals surface area contributed by atoms with E-state index in [4.69, 9.17) is 9.26 Å². The zero-order chi connectivity index (χ0) is 16.7. The summed E-state index contributed by atoms with van der Waals surface area (Å²) in [4.78, 5) is 16.2. The number of benzene rings is 1. The molecule has 0 unspecified atom stereocenters. The summed E-state index contributed by atoms with van der Waals surface area (Å²) in [6.45, 7) is 4.11. The lowest BCUT2D eigenvalue weighted by atomic mass is 10.2. The number of carbonyl (C=O) groups is 1. The number of aryl methyl sites for hydroxylation is 1. The molecule has 1 N–H and O–H groups in total. The van der Waals surface area contributed by atoms with Gasteiger partial charge in [-0.05, 0) is 25.5 Å². The Labute approximate surface area is 136 Å². The molecule has 6 nitrogen and oxygen atoms in total. The fraction of sp³-hybridized carbons (Fsp3) is 0.471. The molecule has 0 saturated carbocycles. The van der Waals surface area contributed by atoms with Crippen molar-refractivity contribution in [3.63, 3.8) is 0 Å². The van der Waals surface area contributed by atoms with Gasteiger partial charge in [0.2, 0.25) is 17.6 Å². The average molecular weight is 317 g/mol. The molecule has 6 heteroatoms. The van der Waals surface area contributed by atoms with E-state index in [9.17, 15) is 4.79 Å². The van der Waals surface area contributed by atoms with E-state index in [-0.39, 0.29) is 11.9 Å². The minimum absolute atomic E-state index is 0.00656. The van der Waals surface area contributed by atoms with Crippen LogP contribution in [0.4, 0.5) is 0 Å². The van der Waals surface area contributed by atoms with Gasteiger partial charge in [-0.1, -0.05) is 30.6 Å². The minimum atomic E-state index is 0.00656. The Balaban J connectivity index is 1.91. The number of nitrogens with one attached hydrogen (secondary N) is 1. The first kappa shape index (κ1) is 17.0. The number of hydrogen-bond acceptors (Lipinski definition) is 5. The Bertz CT molecular complexity index is 640. The second-order valence-corrected chi connectivity index (χ2v) is 5.50. The van der Waals surface area contributed by atoms with Crippen LogP contribution in [0.1, 0.15) is 39.0 Å². The van der Waals surface area contributed by atoms with Crippen LogP contribution < -0.4 is 10.1 Å². The zero-order valence-electron chi connectivity index (χ0n) is 13.8. The van der Waals surface area contributed by atoms with E-state index in [0.717, 1.165) is 24.2 Å². The van der Waals surface area contributed by atoms with E-state index in [0.29, 0.717) is 24.6 Å². The smallest absolute Gasteiger partial charge is 0.227 e. The maximum absolute atomic E-state index is 11.8. The topological polar surface area (TPSA) is 77.2 Å². The predicted molar refractivity (Wildman–Crippen MR) is 87.1 cm³/mol. The molecule has 2 rings (SSSR count). The van der Waals surface area contributed by atoms with Gasteiger partial charge in [-0.15, -0.1) is 0 Å². The van der Waals surface area contributed by atoms with Crippen molar-refractivity contribution < 1.29 is 14.1 Å². The number of ether oxygens (including phenoxy) is 1. The van der Waals surface area contributed by atoms with Gasteiger partial charge in [0.15, 0.2) is 0 Å². The van der Waals surface area contributed by atoms with Crippen LogP contribution >= 0.6 is 0 Å². The maximum Gasteiger partial charge on any atom is 0.227 e. The molecule has 1 heterocycles. The molecule has 2 aromatic rings. The van der Waals surface area contributed by atoms with E-state index in [2.05, 4.69) is 22.4 Å². The second kappa shape index (κ2) is 8.31. The molecule has 1 atom stereocenters. The van der Waals surface area contributed by atoms with Crippen molar-refractivity contribution in [1.29, 1.82) is 0 Å². The van der Waals surface area contributed by atoms with Gasteiger partial charge in [0.05, 0.1) is 7.11 Å². The summed E-state index contributed by atoms with van der Waals surface area (Å²) in [6.07, 6.45) is 2.80. The molecule has 124 valence electrons. The van der Waals surface area contributed by atoms with Crippen molar-refractivity contribution in [2.24, 2.45) is 0 Å². The largest absolute Gasteiger partial charge is 0.497 e. The van der Waals surface area contributed by atoms with Crippen molar-refractivity contribution in [2.45, 2.75) is 45.6 Å². The highest BCUT2D eigenvalue weighted by Gasteiger charge is 2.12. The monoisotopic (exact) mass is 317 g/mol. The molecule has 0 saturated heterocycles. The van der Waals surface area contributed by atoms with Crippen LogP contribution in [0.2, 0.25) is 0 Å². The van der Waals surface area contributed by atoms with Crippen LogP contribution in [0.25, 0.3) is 11.4 Å². The van der Waals surface area contributed by atoms with E-state index >= 15 is 0 Å². The molecular formula is C17H23N3O3. The maximum atomic E-state index is 11.8. The predicted octanol–water partition coefficient (Wildman–Crippen LogP) is 2.98. The molecule has 1 amide bonds. The van der Waals surface area contributed by atoms with Gasteiger partial charge in [-0.3, -0.25) is 4.79 Å². The summed E-state index contributed by atoms with van der Waals surface area (Å²) in [5.41, 5.74) is 0.820. The highest BCUT2D eigenvalue weighted by molar-refractivity contribution is 5.76. The molecule has 23 heavy (non-hydrogen) atoms. The van der Waals surface area contributed by atoms with Crippen LogP contribution in [-0.2, 0) is 11.2 Å². The number of methoxy groups -OCH3 is 1. The number of aromatic nitrogens is 2. The fourth-order valence-electron chi connectivity index (χ4n) is 2.31. The Morgan fingerprint density at radius 3 is 3.00 bits per heavy atom. The summed E-state index contributed by atoms with van der Waals surface area (Å²) < 4.78 is 10.4. The van der Waals surface area contributed by atoms with Crippen molar-refractivity contribution in [3.05, 3.63) is 30.2 Å². The molecule has 0 fully saturated rings. The summed E-state index contributed by atoms with van der Waals surface area (Å²) in [5, 5.41) is 6.92. The molecule has 0 spiro atoms. The summed E-state index contributed by atoms with van der Waals surface area (Å²) >= 11 is 0. The number of amides is 1. The fourth-order valence-corrected chi connectivity index (χ4v) is 2.31. The highest BCUT2D eigenvalue weighted by Crippen LogP contribution is 2.21. The third-order valence-electron chi connectivity index (χ3n) is 3.49. The van der Waals surface area contributed by atoms with Gasteiger partial charge in [0.1, 0.15) is 5.75 Å². The first-order valence-corrected chi connectivity index (χ1v) is 7.88. The lowest BCUT2D eigenvalue weighted by Gasteiger charge is -2.11. The summed E-state index contributed by atoms with van der Waals surface area (Å²) in [5.74, 6) is 1.70. The molecule has 0 aliphatic carbocycles. The molecule has 1 aromatic carbocycles. The first-order chi connectivity index (χ1) is 11.1. The van der Waals surface area contributed by atoms with Crippen LogP contribution in [-0.4, -0.2) is 29.2 Å².